The van der Waals surface area contributed by atoms with Gasteiger partial charge in [-0.2, -0.15) is 0 Å². The fraction of sp³-hybridized carbons (Fsp3) is 0.942. The Labute approximate surface area is 537 Å². The van der Waals surface area contributed by atoms with E-state index in [1.54, 1.807) is 0 Å². The number of hydrogen-bond donors (Lipinski definition) is 3. The highest BCUT2D eigenvalue weighted by molar-refractivity contribution is 7.47. The number of phosphoric acid groups is 2. The third kappa shape index (κ3) is 62.8. The zero-order chi connectivity index (χ0) is 64.9. The standard InChI is InChI=1S/C69H134O17P2/c1-6-9-12-15-17-19-21-22-23-24-25-26-27-28-29-30-31-33-35-39-44-49-54-68(73)86-65(59-80-67(72)53-48-43-38-34-32-20-18-16-13-10-7-2)61-84-88(77,78)82-57-63(70)56-81-87(75,76)83-60-64(58-79-66(71)52-47-41-14-11-8-3)85-69(74)55-50-45-40-36-37-42-46-51-62(4)5/h62-65,70H,6-61H2,1-5H3,(H,75,76)(H,77,78)/t63-,64+,65+/m0/s1. The summed E-state index contributed by atoms with van der Waals surface area (Å²) in [6.07, 6.45) is 49.3. The number of ether oxygens (including phenoxy) is 4. The highest BCUT2D eigenvalue weighted by Crippen LogP contribution is 2.45. The molecule has 522 valence electrons. The number of carbonyl (C=O) groups is 4. The average molecular weight is 1300 g/mol. The molecule has 0 bridgehead atoms. The van der Waals surface area contributed by atoms with E-state index in [-0.39, 0.29) is 25.7 Å². The molecule has 88 heavy (non-hydrogen) atoms. The van der Waals surface area contributed by atoms with Crippen LogP contribution in [0.3, 0.4) is 0 Å². The van der Waals surface area contributed by atoms with Crippen LogP contribution in [0.5, 0.6) is 0 Å². The van der Waals surface area contributed by atoms with Crippen molar-refractivity contribution in [3.05, 3.63) is 0 Å². The van der Waals surface area contributed by atoms with Crippen molar-refractivity contribution in [3.63, 3.8) is 0 Å². The molecule has 0 spiro atoms. The number of phosphoric ester groups is 2. The van der Waals surface area contributed by atoms with Crippen molar-refractivity contribution in [1.29, 1.82) is 0 Å². The number of hydrogen-bond acceptors (Lipinski definition) is 15. The van der Waals surface area contributed by atoms with Crippen molar-refractivity contribution in [1.82, 2.24) is 0 Å². The molecule has 5 atom stereocenters. The van der Waals surface area contributed by atoms with Gasteiger partial charge < -0.3 is 33.8 Å². The quantitative estimate of drug-likeness (QED) is 0.0222. The molecule has 0 aliphatic heterocycles. The second kappa shape index (κ2) is 62.5. The van der Waals surface area contributed by atoms with E-state index in [4.69, 9.17) is 37.0 Å². The molecule has 0 aliphatic rings. The molecular weight excluding hydrogens is 1160 g/mol. The van der Waals surface area contributed by atoms with Crippen LogP contribution in [-0.4, -0.2) is 96.7 Å². The molecule has 0 radical (unpaired) electrons. The molecule has 0 fully saturated rings. The smallest absolute Gasteiger partial charge is 0.462 e. The minimum absolute atomic E-state index is 0.103. The number of unbranched alkanes of at least 4 members (excludes halogenated alkanes) is 41. The minimum Gasteiger partial charge on any atom is -0.462 e. The predicted molar refractivity (Wildman–Crippen MR) is 354 cm³/mol. The third-order valence-corrected chi connectivity index (χ3v) is 17.9. The zero-order valence-corrected chi connectivity index (χ0v) is 58.6. The maximum atomic E-state index is 13.0. The molecule has 0 saturated heterocycles. The van der Waals surface area contributed by atoms with Gasteiger partial charge in [-0.15, -0.1) is 0 Å². The van der Waals surface area contributed by atoms with Gasteiger partial charge >= 0.3 is 39.5 Å². The fourth-order valence-corrected chi connectivity index (χ4v) is 12.0. The Morgan fingerprint density at radius 1 is 0.307 bits per heavy atom. The summed E-state index contributed by atoms with van der Waals surface area (Å²) < 4.78 is 67.9. The molecular formula is C69H134O17P2. The number of carbonyl (C=O) groups excluding carboxylic acids is 4. The van der Waals surface area contributed by atoms with Crippen LogP contribution >= 0.6 is 15.6 Å². The Hall–Kier alpha value is -1.94. The first-order chi connectivity index (χ1) is 42.5. The highest BCUT2D eigenvalue weighted by atomic mass is 31.2. The van der Waals surface area contributed by atoms with Gasteiger partial charge in [-0.05, 0) is 31.6 Å². The summed E-state index contributed by atoms with van der Waals surface area (Å²) >= 11 is 0. The molecule has 17 nitrogen and oxygen atoms in total. The Kier molecular flexibility index (Phi) is 61.1. The van der Waals surface area contributed by atoms with Gasteiger partial charge in [0.15, 0.2) is 12.2 Å². The first kappa shape index (κ1) is 86.1. The zero-order valence-electron chi connectivity index (χ0n) is 56.9. The molecule has 0 aromatic heterocycles. The van der Waals surface area contributed by atoms with Gasteiger partial charge in [0, 0.05) is 25.7 Å². The first-order valence-electron chi connectivity index (χ1n) is 36.1. The van der Waals surface area contributed by atoms with Crippen LogP contribution in [0.25, 0.3) is 0 Å². The van der Waals surface area contributed by atoms with Gasteiger partial charge in [-0.3, -0.25) is 37.3 Å². The molecule has 0 aromatic rings. The van der Waals surface area contributed by atoms with E-state index in [0.29, 0.717) is 31.6 Å². The molecule has 0 saturated carbocycles. The van der Waals surface area contributed by atoms with Crippen LogP contribution in [0, 0.1) is 5.92 Å². The lowest BCUT2D eigenvalue weighted by atomic mass is 10.0. The summed E-state index contributed by atoms with van der Waals surface area (Å²) in [7, 11) is -9.88. The molecule has 19 heteroatoms. The van der Waals surface area contributed by atoms with E-state index in [9.17, 15) is 43.2 Å². The van der Waals surface area contributed by atoms with Crippen LogP contribution in [0.1, 0.15) is 356 Å². The summed E-state index contributed by atoms with van der Waals surface area (Å²) in [6, 6.07) is 0. The Bertz CT molecular complexity index is 1700. The molecule has 2 unspecified atom stereocenters. The lowest BCUT2D eigenvalue weighted by Crippen LogP contribution is -2.30. The van der Waals surface area contributed by atoms with Crippen molar-refractivity contribution in [2.24, 2.45) is 5.92 Å². The molecule has 3 N–H and O–H groups in total. The molecule has 0 heterocycles. The summed E-state index contributed by atoms with van der Waals surface area (Å²) in [6.45, 7) is 7.07. The third-order valence-electron chi connectivity index (χ3n) is 16.0. The number of aliphatic hydroxyl groups excluding tert-OH is 1. The summed E-state index contributed by atoms with van der Waals surface area (Å²) in [4.78, 5) is 72.1. The van der Waals surface area contributed by atoms with Gasteiger partial charge in [0.2, 0.25) is 0 Å². The topological polar surface area (TPSA) is 237 Å². The number of rotatable bonds is 69. The van der Waals surface area contributed by atoms with E-state index in [2.05, 4.69) is 34.6 Å². The molecule has 0 rings (SSSR count). The maximum absolute atomic E-state index is 13.0. The Morgan fingerprint density at radius 2 is 0.523 bits per heavy atom. The van der Waals surface area contributed by atoms with E-state index >= 15 is 0 Å². The maximum Gasteiger partial charge on any atom is 0.472 e. The molecule has 0 amide bonds. The van der Waals surface area contributed by atoms with Crippen LogP contribution in [0.2, 0.25) is 0 Å². The first-order valence-corrected chi connectivity index (χ1v) is 39.1. The van der Waals surface area contributed by atoms with Gasteiger partial charge in [-0.25, -0.2) is 9.13 Å². The summed E-state index contributed by atoms with van der Waals surface area (Å²) in [5.41, 5.74) is 0. The SMILES string of the molecule is CCCCCCCCCCCCCCCCCCCCCCCCC(=O)O[C@H](COC(=O)CCCCCCCCCCCCC)COP(=O)(O)OC[C@@H](O)COP(=O)(O)OC[C@@H](COC(=O)CCCCCCC)OC(=O)CCCCCCCCCC(C)C. The van der Waals surface area contributed by atoms with Crippen LogP contribution in [0.4, 0.5) is 0 Å². The van der Waals surface area contributed by atoms with Crippen LogP contribution in [0.15, 0.2) is 0 Å². The Balaban J connectivity index is 5.06. The fourth-order valence-electron chi connectivity index (χ4n) is 10.5. The largest absolute Gasteiger partial charge is 0.472 e. The predicted octanol–water partition coefficient (Wildman–Crippen LogP) is 19.7. The molecule has 0 aliphatic carbocycles. The van der Waals surface area contributed by atoms with Crippen molar-refractivity contribution in [2.45, 2.75) is 374 Å². The lowest BCUT2D eigenvalue weighted by molar-refractivity contribution is -0.161. The van der Waals surface area contributed by atoms with E-state index in [0.717, 1.165) is 96.3 Å². The van der Waals surface area contributed by atoms with Crippen molar-refractivity contribution >= 4 is 39.5 Å². The van der Waals surface area contributed by atoms with Crippen LogP contribution < -0.4 is 0 Å². The highest BCUT2D eigenvalue weighted by Gasteiger charge is 2.30. The van der Waals surface area contributed by atoms with E-state index < -0.39 is 97.5 Å². The monoisotopic (exact) mass is 1300 g/mol. The second-order valence-corrected chi connectivity index (χ2v) is 28.3. The second-order valence-electron chi connectivity index (χ2n) is 25.4. The van der Waals surface area contributed by atoms with Crippen LogP contribution in [-0.2, 0) is 65.4 Å². The Morgan fingerprint density at radius 3 is 0.773 bits per heavy atom. The number of aliphatic hydroxyl groups is 1. The summed E-state index contributed by atoms with van der Waals surface area (Å²) in [5.74, 6) is -1.44. The number of esters is 4. The van der Waals surface area contributed by atoms with Crippen molar-refractivity contribution in [3.8, 4) is 0 Å². The average Bonchev–Trinajstić information content (AvgIpc) is 3.57. The lowest BCUT2D eigenvalue weighted by Gasteiger charge is -2.21. The van der Waals surface area contributed by atoms with E-state index in [1.165, 1.54) is 173 Å². The van der Waals surface area contributed by atoms with Crippen molar-refractivity contribution < 1.29 is 80.2 Å². The minimum atomic E-state index is -4.95. The molecule has 0 aromatic carbocycles. The summed E-state index contributed by atoms with van der Waals surface area (Å²) in [5, 5.41) is 10.5. The van der Waals surface area contributed by atoms with Gasteiger partial charge in [0.25, 0.3) is 0 Å². The van der Waals surface area contributed by atoms with Gasteiger partial charge in [0.05, 0.1) is 26.4 Å². The van der Waals surface area contributed by atoms with E-state index in [1.807, 2.05) is 0 Å². The normalized spacial score (nSPS) is 14.1. The van der Waals surface area contributed by atoms with Crippen molar-refractivity contribution in [2.75, 3.05) is 39.6 Å². The van der Waals surface area contributed by atoms with Gasteiger partial charge in [0.1, 0.15) is 19.3 Å². The van der Waals surface area contributed by atoms with Gasteiger partial charge in [-0.1, -0.05) is 304 Å².